The van der Waals surface area contributed by atoms with Gasteiger partial charge in [-0.15, -0.1) is 0 Å². The molecule has 0 radical (unpaired) electrons. The van der Waals surface area contributed by atoms with Crippen LogP contribution in [0.25, 0.3) is 22.3 Å². The summed E-state index contributed by atoms with van der Waals surface area (Å²) >= 11 is 20.2. The molecule has 0 atom stereocenters. The average molecular weight is 1860 g/mol. The molecule has 12 aromatic heterocycles. The van der Waals surface area contributed by atoms with Crippen molar-refractivity contribution in [3.05, 3.63) is 228 Å². The maximum Gasteiger partial charge on any atom is 0.349 e. The van der Waals surface area contributed by atoms with E-state index in [1.54, 1.807) is 78.8 Å². The molecule has 0 bridgehead atoms. The number of H-pyrrole nitrogens is 5. The lowest BCUT2D eigenvalue weighted by Gasteiger charge is -2.23. The largest absolute Gasteiger partial charge is 0.384 e. The Balaban J connectivity index is 0.000000370. The van der Waals surface area contributed by atoms with Crippen LogP contribution in [-0.2, 0) is 55.4 Å². The third kappa shape index (κ3) is 33.3. The summed E-state index contributed by atoms with van der Waals surface area (Å²) in [5.74, 6) is 2.11. The molecule has 0 aliphatic carbocycles. The molecule has 0 saturated heterocycles. The number of aromatic nitrogens is 24. The molecule has 12 aromatic rings. The zero-order valence-corrected chi connectivity index (χ0v) is 84.2. The van der Waals surface area contributed by atoms with Crippen molar-refractivity contribution in [3.8, 4) is 0 Å². The maximum atomic E-state index is 11.5. The fourth-order valence-corrected chi connectivity index (χ4v) is 12.4. The summed E-state index contributed by atoms with van der Waals surface area (Å²) in [6.45, 7) is 67.3. The van der Waals surface area contributed by atoms with Crippen LogP contribution in [0, 0.1) is 46.8 Å². The monoisotopic (exact) mass is 1860 g/mol. The van der Waals surface area contributed by atoms with Gasteiger partial charge in [-0.3, -0.25) is 67.2 Å². The maximum absolute atomic E-state index is 11.5. The number of nitrogens with one attached hydrogen (secondary N) is 5. The fraction of sp³-hybridized carbons (Fsp3) is 0.512. The number of imidazole rings is 2. The van der Waals surface area contributed by atoms with E-state index >= 15 is 0 Å². The van der Waals surface area contributed by atoms with Crippen LogP contribution in [0.1, 0.15) is 230 Å². The first-order valence-corrected chi connectivity index (χ1v) is 42.4. The molecule has 12 rings (SSSR count). The van der Waals surface area contributed by atoms with E-state index in [-0.39, 0.29) is 118 Å². The Kier molecular flexibility index (Phi) is 37.1. The van der Waals surface area contributed by atoms with Gasteiger partial charge in [0.2, 0.25) is 15.5 Å². The summed E-state index contributed by atoms with van der Waals surface area (Å²) in [7, 11) is 0. The van der Waals surface area contributed by atoms with Gasteiger partial charge in [0, 0.05) is 139 Å². The minimum absolute atomic E-state index is 0.0300. The molecule has 0 aliphatic rings. The first-order valence-electron chi connectivity index (χ1n) is 40.7. The lowest BCUT2D eigenvalue weighted by Crippen LogP contribution is -2.39. The second kappa shape index (κ2) is 43.2. The average Bonchev–Trinajstić information content (AvgIpc) is 1.65. The Morgan fingerprint density at radius 1 is 0.287 bits per heavy atom. The molecule has 17 N–H and O–H groups in total. The molecule has 0 aliphatic heterocycles. The van der Waals surface area contributed by atoms with Gasteiger partial charge in [-0.05, 0) is 296 Å². The SMILES string of the molecule is CC(C)(C)n1ccc(=O)[nH]c1=O.CC(C)(C)n1ccc(=O)[nH]c1=S.CC(C)(C)n1ccc(N)nc1=O.CC(C)(C)n1ccc(N)nc1=S.CC(C)(C)n1cnc2c(=O)[nH]c(N)nc21.CC(C)(C)n1cnc2c(N)ncnc21.Cc1cn(C(C)(C)C)c(=O)[nH]c1=O.Cc1cn(C(C)(C)C)c(=O)nc1N.Cc1cn(C(C)(C)C)c(=S)[nH]c1=O.Cc1cn(C(C)(C)C)c(=S)nc1N. The fourth-order valence-electron chi connectivity index (χ4n) is 10.7. The number of nitrogens with zero attached hydrogens (tertiary/aromatic N) is 19. The van der Waals surface area contributed by atoms with Gasteiger partial charge in [0.15, 0.2) is 32.2 Å². The van der Waals surface area contributed by atoms with Crippen molar-refractivity contribution in [3.63, 3.8) is 0 Å². The molecular weight excluding hydrogens is 1730 g/mol. The van der Waals surface area contributed by atoms with E-state index in [1.165, 1.54) is 33.8 Å². The summed E-state index contributed by atoms with van der Waals surface area (Å²) in [5.41, 5.74) is 34.4. The molecule has 129 heavy (non-hydrogen) atoms. The Morgan fingerprint density at radius 2 is 0.643 bits per heavy atom. The molecule has 0 spiro atoms. The number of nitrogen functional groups attached to an aromatic ring is 6. The van der Waals surface area contributed by atoms with Crippen molar-refractivity contribution < 1.29 is 0 Å². The van der Waals surface area contributed by atoms with Gasteiger partial charge in [0.25, 0.3) is 27.8 Å². The number of anilines is 6. The van der Waals surface area contributed by atoms with Gasteiger partial charge in [0.1, 0.15) is 35.1 Å². The number of aromatic amines is 5. The third-order valence-corrected chi connectivity index (χ3v) is 19.0. The minimum Gasteiger partial charge on any atom is -0.384 e. The highest BCUT2D eigenvalue weighted by Crippen LogP contribution is 2.24. The zero-order valence-electron chi connectivity index (χ0n) is 80.9. The topological polar surface area (TPSA) is 554 Å². The third-order valence-electron chi connectivity index (χ3n) is 17.9. The van der Waals surface area contributed by atoms with Crippen LogP contribution in [0.2, 0.25) is 0 Å². The molecular formula is C86H134N30O9S4. The van der Waals surface area contributed by atoms with Crippen LogP contribution in [0.4, 0.5) is 35.0 Å². The van der Waals surface area contributed by atoms with Crippen LogP contribution in [0.5, 0.6) is 0 Å². The highest BCUT2D eigenvalue weighted by molar-refractivity contribution is 7.71. The smallest absolute Gasteiger partial charge is 0.349 e. The molecule has 0 amide bonds. The van der Waals surface area contributed by atoms with E-state index in [2.05, 4.69) is 132 Å². The highest BCUT2D eigenvalue weighted by Gasteiger charge is 2.24. The number of fused-ring (bicyclic) bond motifs is 2. The zero-order chi connectivity index (χ0) is 99.9. The van der Waals surface area contributed by atoms with Gasteiger partial charge in [-0.1, -0.05) is 0 Å². The summed E-state index contributed by atoms with van der Waals surface area (Å²) in [4.78, 5) is 148. The minimum atomic E-state index is -0.366. The second-order valence-corrected chi connectivity index (χ2v) is 41.3. The molecule has 12 heterocycles. The summed E-state index contributed by atoms with van der Waals surface area (Å²) in [5, 5.41) is 0. The second-order valence-electron chi connectivity index (χ2n) is 39.8. The first kappa shape index (κ1) is 111. The molecule has 0 unspecified atom stereocenters. The summed E-state index contributed by atoms with van der Waals surface area (Å²) in [6, 6.07) is 6.18. The molecule has 706 valence electrons. The standard InChI is InChI=1S/C9H13N5O.C9H13N5.C9H15N3O.C9H15N3S.C9H14N2O2.C9H14N2OS.C8H13N3O.C8H13N3S.C8H12N2O2.C8H12N2OS/c1-9(2,3)14-4-11-5-6(14)12-8(10)13-7(5)15;1-9(2,3)14-5-13-6-7(10)11-4-12-8(6)14;2*1-6-5-12(9(2,3)4)8(13)11-7(6)10;2*1-6-5-11(9(2,3)4)8(13)10-7(6)12;2*1-8(2,3)11-5-4-6(9)10-7(11)12;2*1-8(2,3)10-5-4-6(11)9-7(10)12/h4H,1-3H3,(H3,10,12,13,15);4-5H,1-3H3,(H2,10,11,12);2*5H,1-4H3,(H2,10,11,13);2*5H,1-4H3,(H,10,12,13);2*4-5H,1-3H3,(H2,9,10,12);2*4-5H,1-3H3,(H,9,11,12). The first-order chi connectivity index (χ1) is 58.3. The van der Waals surface area contributed by atoms with Crippen molar-refractivity contribution in [1.82, 2.24) is 115 Å². The van der Waals surface area contributed by atoms with E-state index in [0.29, 0.717) is 70.2 Å². The predicted octanol–water partition coefficient (Wildman–Crippen LogP) is 11.8. The quantitative estimate of drug-likeness (QED) is 0.0628. The Morgan fingerprint density at radius 3 is 1.09 bits per heavy atom. The van der Waals surface area contributed by atoms with E-state index in [1.807, 2.05) is 199 Å². The normalized spacial score (nSPS) is 11.8. The van der Waals surface area contributed by atoms with E-state index < -0.39 is 0 Å². The van der Waals surface area contributed by atoms with Crippen molar-refractivity contribution >= 4 is 106 Å². The van der Waals surface area contributed by atoms with Crippen LogP contribution >= 0.6 is 48.9 Å². The predicted molar refractivity (Wildman–Crippen MR) is 526 cm³/mol. The Labute approximate surface area is 770 Å². The van der Waals surface area contributed by atoms with E-state index in [4.69, 9.17) is 83.3 Å². The van der Waals surface area contributed by atoms with E-state index in [0.717, 1.165) is 16.8 Å². The van der Waals surface area contributed by atoms with Crippen LogP contribution in [0.3, 0.4) is 0 Å². The van der Waals surface area contributed by atoms with E-state index in [9.17, 15) is 43.2 Å². The molecule has 43 heteroatoms. The molecule has 39 nitrogen and oxygen atoms in total. The van der Waals surface area contributed by atoms with Crippen LogP contribution in [-0.4, -0.2) is 115 Å². The number of hydrogen-bond donors (Lipinski definition) is 11. The molecule has 0 aromatic carbocycles. The lowest BCUT2D eigenvalue weighted by atomic mass is 10.1. The number of nitrogens with two attached hydrogens (primary N) is 6. The van der Waals surface area contributed by atoms with Gasteiger partial charge < -0.3 is 61.8 Å². The molecule has 0 saturated carbocycles. The molecule has 0 fully saturated rings. The van der Waals surface area contributed by atoms with Gasteiger partial charge in [-0.2, -0.15) is 15.0 Å². The Hall–Kier alpha value is -12.4. The van der Waals surface area contributed by atoms with Gasteiger partial charge >= 0.3 is 22.8 Å². The van der Waals surface area contributed by atoms with Gasteiger partial charge in [-0.25, -0.2) is 49.1 Å². The number of aryl methyl sites for hydroxylation is 4. The van der Waals surface area contributed by atoms with Crippen molar-refractivity contribution in [2.45, 2.75) is 291 Å². The lowest BCUT2D eigenvalue weighted by molar-refractivity contribution is 0.375. The number of hydrogen-bond acceptors (Lipinski definition) is 28. The summed E-state index contributed by atoms with van der Waals surface area (Å²) in [6.07, 6.45) is 18.6. The van der Waals surface area contributed by atoms with Crippen molar-refractivity contribution in [2.24, 2.45) is 0 Å². The van der Waals surface area contributed by atoms with Crippen LogP contribution < -0.4 is 85.0 Å². The van der Waals surface area contributed by atoms with Crippen molar-refractivity contribution in [2.75, 3.05) is 34.4 Å². The van der Waals surface area contributed by atoms with Crippen LogP contribution in [0.15, 0.2) is 136 Å². The highest BCUT2D eigenvalue weighted by atomic mass is 32.1. The Bertz CT molecular complexity index is 6430. The van der Waals surface area contributed by atoms with Crippen molar-refractivity contribution in [1.29, 1.82) is 0 Å². The number of rotatable bonds is 0. The van der Waals surface area contributed by atoms with Gasteiger partial charge in [0.05, 0.1) is 12.7 Å². The summed E-state index contributed by atoms with van der Waals surface area (Å²) < 4.78 is 19.6.